The normalized spacial score (nSPS) is 19.9. The van der Waals surface area contributed by atoms with Crippen LogP contribution in [-0.2, 0) is 6.54 Å². The van der Waals surface area contributed by atoms with E-state index in [1.165, 1.54) is 18.4 Å². The van der Waals surface area contributed by atoms with Gasteiger partial charge in [-0.05, 0) is 44.0 Å². The maximum Gasteiger partial charge on any atom is 0.0633 e. The summed E-state index contributed by atoms with van der Waals surface area (Å²) < 4.78 is 0. The third-order valence-electron chi connectivity index (χ3n) is 3.85. The number of pyridine rings is 1. The van der Waals surface area contributed by atoms with E-state index >= 15 is 0 Å². The van der Waals surface area contributed by atoms with Gasteiger partial charge in [0.15, 0.2) is 0 Å². The molecule has 2 aromatic heterocycles. The van der Waals surface area contributed by atoms with Crippen LogP contribution in [0.5, 0.6) is 0 Å². The maximum absolute atomic E-state index is 4.64. The van der Waals surface area contributed by atoms with Crippen molar-refractivity contribution in [1.29, 1.82) is 0 Å². The average molecular weight is 268 g/mol. The van der Waals surface area contributed by atoms with Crippen molar-refractivity contribution in [2.75, 3.05) is 13.1 Å². The molecular weight excluding hydrogens is 248 g/mol. The SMILES string of the molecule is Cc1cncc(C2CCCN(Cc3ccncc3)C2)n1. The maximum atomic E-state index is 4.64. The van der Waals surface area contributed by atoms with Crippen LogP contribution in [0.4, 0.5) is 0 Å². The first kappa shape index (κ1) is 13.2. The molecule has 0 N–H and O–H groups in total. The fourth-order valence-corrected chi connectivity index (χ4v) is 2.87. The molecule has 1 saturated heterocycles. The zero-order valence-electron chi connectivity index (χ0n) is 11.9. The molecule has 3 rings (SSSR count). The number of hydrogen-bond acceptors (Lipinski definition) is 4. The second kappa shape index (κ2) is 6.09. The smallest absolute Gasteiger partial charge is 0.0633 e. The first-order valence-corrected chi connectivity index (χ1v) is 7.21. The monoisotopic (exact) mass is 268 g/mol. The number of hydrogen-bond donors (Lipinski definition) is 0. The summed E-state index contributed by atoms with van der Waals surface area (Å²) >= 11 is 0. The number of nitrogens with zero attached hydrogens (tertiary/aromatic N) is 4. The summed E-state index contributed by atoms with van der Waals surface area (Å²) in [5.41, 5.74) is 3.48. The predicted molar refractivity (Wildman–Crippen MR) is 78.3 cm³/mol. The molecule has 0 aromatic carbocycles. The van der Waals surface area contributed by atoms with Crippen molar-refractivity contribution >= 4 is 0 Å². The second-order valence-corrected chi connectivity index (χ2v) is 5.52. The Hall–Kier alpha value is -1.81. The van der Waals surface area contributed by atoms with Crippen LogP contribution in [0.25, 0.3) is 0 Å². The molecule has 1 aliphatic rings. The third-order valence-corrected chi connectivity index (χ3v) is 3.85. The Balaban J connectivity index is 1.67. The number of aromatic nitrogens is 3. The number of likely N-dealkylation sites (tertiary alicyclic amines) is 1. The highest BCUT2D eigenvalue weighted by Gasteiger charge is 2.22. The van der Waals surface area contributed by atoms with Gasteiger partial charge in [0.05, 0.1) is 11.4 Å². The van der Waals surface area contributed by atoms with E-state index in [0.717, 1.165) is 31.0 Å². The lowest BCUT2D eigenvalue weighted by molar-refractivity contribution is 0.198. The molecule has 0 saturated carbocycles. The lowest BCUT2D eigenvalue weighted by atomic mass is 9.94. The van der Waals surface area contributed by atoms with Crippen molar-refractivity contribution in [2.45, 2.75) is 32.2 Å². The summed E-state index contributed by atoms with van der Waals surface area (Å²) in [6.07, 6.45) is 9.91. The van der Waals surface area contributed by atoms with Gasteiger partial charge in [-0.25, -0.2) is 0 Å². The quantitative estimate of drug-likeness (QED) is 0.858. The minimum atomic E-state index is 0.512. The molecule has 3 heterocycles. The van der Waals surface area contributed by atoms with E-state index in [0.29, 0.717) is 5.92 Å². The van der Waals surface area contributed by atoms with Crippen LogP contribution in [-0.4, -0.2) is 32.9 Å². The molecule has 1 atom stereocenters. The van der Waals surface area contributed by atoms with Crippen molar-refractivity contribution in [1.82, 2.24) is 19.9 Å². The molecule has 4 nitrogen and oxygen atoms in total. The number of piperidine rings is 1. The summed E-state index contributed by atoms with van der Waals surface area (Å²) in [6.45, 7) is 5.24. The highest BCUT2D eigenvalue weighted by Crippen LogP contribution is 2.26. The summed E-state index contributed by atoms with van der Waals surface area (Å²) in [5.74, 6) is 0.512. The van der Waals surface area contributed by atoms with Gasteiger partial charge in [-0.3, -0.25) is 19.9 Å². The van der Waals surface area contributed by atoms with E-state index in [1.807, 2.05) is 31.7 Å². The molecule has 2 aromatic rings. The third kappa shape index (κ3) is 3.20. The lowest BCUT2D eigenvalue weighted by Gasteiger charge is -2.32. The Bertz CT molecular complexity index is 555. The minimum absolute atomic E-state index is 0.512. The van der Waals surface area contributed by atoms with Gasteiger partial charge in [-0.2, -0.15) is 0 Å². The lowest BCUT2D eigenvalue weighted by Crippen LogP contribution is -2.34. The Labute approximate surface area is 119 Å². The van der Waals surface area contributed by atoms with Crippen LogP contribution in [0.15, 0.2) is 36.9 Å². The molecule has 1 unspecified atom stereocenters. The van der Waals surface area contributed by atoms with Crippen molar-refractivity contribution in [3.05, 3.63) is 53.9 Å². The molecule has 0 amide bonds. The molecule has 0 spiro atoms. The zero-order valence-corrected chi connectivity index (χ0v) is 11.9. The Kier molecular flexibility index (Phi) is 4.02. The van der Waals surface area contributed by atoms with Crippen LogP contribution < -0.4 is 0 Å². The molecule has 104 valence electrons. The summed E-state index contributed by atoms with van der Waals surface area (Å²) in [6, 6.07) is 4.19. The first-order chi connectivity index (χ1) is 9.81. The first-order valence-electron chi connectivity index (χ1n) is 7.21. The van der Waals surface area contributed by atoms with E-state index in [9.17, 15) is 0 Å². The van der Waals surface area contributed by atoms with Crippen molar-refractivity contribution in [3.8, 4) is 0 Å². The largest absolute Gasteiger partial charge is 0.298 e. The number of rotatable bonds is 3. The standard InChI is InChI=1S/C16H20N4/c1-13-9-18-10-16(19-13)15-3-2-8-20(12-15)11-14-4-6-17-7-5-14/h4-7,9-10,15H,2-3,8,11-12H2,1H3. The van der Waals surface area contributed by atoms with E-state index in [4.69, 9.17) is 0 Å². The summed E-state index contributed by atoms with van der Waals surface area (Å²) in [5, 5.41) is 0. The molecule has 0 bridgehead atoms. The molecular formula is C16H20N4. The Morgan fingerprint density at radius 2 is 2.05 bits per heavy atom. The fourth-order valence-electron chi connectivity index (χ4n) is 2.87. The Morgan fingerprint density at radius 1 is 1.20 bits per heavy atom. The van der Waals surface area contributed by atoms with Crippen molar-refractivity contribution in [2.24, 2.45) is 0 Å². The summed E-state index contributed by atoms with van der Waals surface area (Å²) in [4.78, 5) is 15.5. The highest BCUT2D eigenvalue weighted by molar-refractivity contribution is 5.12. The van der Waals surface area contributed by atoms with Gasteiger partial charge in [-0.15, -0.1) is 0 Å². The second-order valence-electron chi connectivity index (χ2n) is 5.52. The highest BCUT2D eigenvalue weighted by atomic mass is 15.1. The van der Waals surface area contributed by atoms with Gasteiger partial charge in [0.1, 0.15) is 0 Å². The molecule has 0 aliphatic carbocycles. The van der Waals surface area contributed by atoms with Crippen LogP contribution in [0.3, 0.4) is 0 Å². The van der Waals surface area contributed by atoms with E-state index in [1.54, 1.807) is 0 Å². The van der Waals surface area contributed by atoms with Gasteiger partial charge < -0.3 is 0 Å². The van der Waals surface area contributed by atoms with Gasteiger partial charge in [0, 0.05) is 43.8 Å². The topological polar surface area (TPSA) is 41.9 Å². The molecule has 1 aliphatic heterocycles. The van der Waals surface area contributed by atoms with Gasteiger partial charge in [-0.1, -0.05) is 0 Å². The average Bonchev–Trinajstić information content (AvgIpc) is 2.49. The van der Waals surface area contributed by atoms with Crippen LogP contribution in [0, 0.1) is 6.92 Å². The molecule has 0 radical (unpaired) electrons. The van der Waals surface area contributed by atoms with Gasteiger partial charge in [0.2, 0.25) is 0 Å². The van der Waals surface area contributed by atoms with Crippen molar-refractivity contribution < 1.29 is 0 Å². The molecule has 4 heteroatoms. The van der Waals surface area contributed by atoms with E-state index in [2.05, 4.69) is 32.0 Å². The van der Waals surface area contributed by atoms with E-state index in [-0.39, 0.29) is 0 Å². The molecule has 1 fully saturated rings. The van der Waals surface area contributed by atoms with Gasteiger partial charge >= 0.3 is 0 Å². The van der Waals surface area contributed by atoms with Gasteiger partial charge in [0.25, 0.3) is 0 Å². The van der Waals surface area contributed by atoms with Crippen LogP contribution in [0.1, 0.15) is 35.7 Å². The van der Waals surface area contributed by atoms with Crippen LogP contribution in [0.2, 0.25) is 0 Å². The predicted octanol–water partition coefficient (Wildman–Crippen LogP) is 2.56. The molecule has 20 heavy (non-hydrogen) atoms. The minimum Gasteiger partial charge on any atom is -0.298 e. The van der Waals surface area contributed by atoms with Crippen LogP contribution >= 0.6 is 0 Å². The van der Waals surface area contributed by atoms with Crippen molar-refractivity contribution in [3.63, 3.8) is 0 Å². The fraction of sp³-hybridized carbons (Fsp3) is 0.438. The van der Waals surface area contributed by atoms with E-state index < -0.39 is 0 Å². The zero-order chi connectivity index (χ0) is 13.8. The number of aryl methyl sites for hydroxylation is 1. The summed E-state index contributed by atoms with van der Waals surface area (Å²) in [7, 11) is 0. The Morgan fingerprint density at radius 3 is 2.85 bits per heavy atom.